The fourth-order valence-corrected chi connectivity index (χ4v) is 3.98. The van der Waals surface area contributed by atoms with Crippen LogP contribution in [0, 0.1) is 0 Å². The Morgan fingerprint density at radius 3 is 2.39 bits per heavy atom. The number of carbonyl (C=O) groups is 2. The molecule has 36 heavy (non-hydrogen) atoms. The number of nitrogens with zero attached hydrogens (tertiary/aromatic N) is 3. The second kappa shape index (κ2) is 14.1. The van der Waals surface area contributed by atoms with Crippen LogP contribution in [0.5, 0.6) is 0 Å². The van der Waals surface area contributed by atoms with Gasteiger partial charge in [0.05, 0.1) is 6.54 Å². The number of ether oxygens (including phenoxy) is 1. The van der Waals surface area contributed by atoms with Gasteiger partial charge in [-0.05, 0) is 55.2 Å². The molecular formula is C29H38N4O3. The number of amides is 3. The lowest BCUT2D eigenvalue weighted by atomic mass is 10.1. The number of hydrogen-bond acceptors (Lipinski definition) is 3. The van der Waals surface area contributed by atoms with Crippen LogP contribution in [-0.2, 0) is 36.1 Å². The van der Waals surface area contributed by atoms with E-state index in [2.05, 4.69) is 12.2 Å². The van der Waals surface area contributed by atoms with Crippen molar-refractivity contribution >= 4 is 17.6 Å². The second-order valence-electron chi connectivity index (χ2n) is 8.80. The van der Waals surface area contributed by atoms with E-state index in [0.29, 0.717) is 39.3 Å². The minimum atomic E-state index is -0.286. The quantitative estimate of drug-likeness (QED) is 0.340. The van der Waals surface area contributed by atoms with Crippen molar-refractivity contribution in [1.82, 2.24) is 14.4 Å². The number of urea groups is 1. The number of rotatable bonds is 13. The number of aromatic nitrogens is 1. The summed E-state index contributed by atoms with van der Waals surface area (Å²) in [4.78, 5) is 30.3. The van der Waals surface area contributed by atoms with Crippen LogP contribution in [0.3, 0.4) is 0 Å². The summed E-state index contributed by atoms with van der Waals surface area (Å²) in [5.41, 5.74) is 3.95. The van der Waals surface area contributed by atoms with E-state index in [1.54, 1.807) is 4.90 Å². The van der Waals surface area contributed by atoms with Crippen LogP contribution >= 0.6 is 0 Å². The predicted molar refractivity (Wildman–Crippen MR) is 144 cm³/mol. The topological polar surface area (TPSA) is 66.8 Å². The standard InChI is InChI=1S/C29H38N4O3/c1-4-24-14-9-15-26(20-24)30-29(35)32(18-11-19-36-5-2)23-28(34)33(21-25-12-7-6-8-13-25)22-27-16-10-17-31(27)3/h6-10,12-17,20H,4-5,11,18-19,21-23H2,1-3H3,(H,30,35). The van der Waals surface area contributed by atoms with Crippen molar-refractivity contribution in [2.24, 2.45) is 7.05 Å². The first kappa shape index (κ1) is 27.0. The molecule has 1 heterocycles. The number of carbonyl (C=O) groups excluding carboxylic acids is 2. The zero-order valence-electron chi connectivity index (χ0n) is 21.7. The van der Waals surface area contributed by atoms with Crippen molar-refractivity contribution in [3.8, 4) is 0 Å². The molecule has 0 atom stereocenters. The molecule has 0 saturated heterocycles. The Bertz CT molecular complexity index is 1100. The maximum Gasteiger partial charge on any atom is 0.322 e. The van der Waals surface area contributed by atoms with E-state index >= 15 is 0 Å². The molecule has 3 amide bonds. The summed E-state index contributed by atoms with van der Waals surface area (Å²) < 4.78 is 7.48. The summed E-state index contributed by atoms with van der Waals surface area (Å²) in [6.07, 6.45) is 3.51. The first-order chi connectivity index (χ1) is 17.5. The van der Waals surface area contributed by atoms with Crippen molar-refractivity contribution in [1.29, 1.82) is 0 Å². The lowest BCUT2D eigenvalue weighted by molar-refractivity contribution is -0.133. The molecule has 1 N–H and O–H groups in total. The van der Waals surface area contributed by atoms with Gasteiger partial charge in [-0.1, -0.05) is 49.4 Å². The Labute approximate surface area is 214 Å². The van der Waals surface area contributed by atoms with Crippen LogP contribution in [0.15, 0.2) is 72.9 Å². The number of aryl methyl sites for hydroxylation is 2. The minimum absolute atomic E-state index is 0.0112. The SMILES string of the molecule is CCOCCCN(CC(=O)N(Cc1ccccc1)Cc1cccn1C)C(=O)Nc1cccc(CC)c1. The molecule has 3 aromatic rings. The van der Waals surface area contributed by atoms with Gasteiger partial charge < -0.3 is 24.4 Å². The molecule has 0 spiro atoms. The summed E-state index contributed by atoms with van der Waals surface area (Å²) in [5, 5.41) is 2.98. The monoisotopic (exact) mass is 490 g/mol. The Kier molecular flexibility index (Phi) is 10.6. The Balaban J connectivity index is 1.76. The zero-order valence-corrected chi connectivity index (χ0v) is 21.7. The molecule has 0 bridgehead atoms. The van der Waals surface area contributed by atoms with Gasteiger partial charge in [-0.15, -0.1) is 0 Å². The highest BCUT2D eigenvalue weighted by atomic mass is 16.5. The zero-order chi connectivity index (χ0) is 25.8. The minimum Gasteiger partial charge on any atom is -0.382 e. The largest absolute Gasteiger partial charge is 0.382 e. The first-order valence-corrected chi connectivity index (χ1v) is 12.6. The third-order valence-electron chi connectivity index (χ3n) is 6.09. The highest BCUT2D eigenvalue weighted by Gasteiger charge is 2.22. The summed E-state index contributed by atoms with van der Waals surface area (Å²) in [7, 11) is 1.97. The molecule has 0 saturated carbocycles. The van der Waals surface area contributed by atoms with Crippen molar-refractivity contribution in [3.63, 3.8) is 0 Å². The average Bonchev–Trinajstić information content (AvgIpc) is 3.30. The van der Waals surface area contributed by atoms with E-state index in [-0.39, 0.29) is 18.5 Å². The molecule has 7 nitrogen and oxygen atoms in total. The maximum atomic E-state index is 13.6. The Morgan fingerprint density at radius 2 is 1.69 bits per heavy atom. The van der Waals surface area contributed by atoms with Crippen LogP contribution in [0.25, 0.3) is 0 Å². The van der Waals surface area contributed by atoms with E-state index in [1.807, 2.05) is 96.4 Å². The van der Waals surface area contributed by atoms with Gasteiger partial charge in [0.15, 0.2) is 0 Å². The van der Waals surface area contributed by atoms with Crippen molar-refractivity contribution in [2.45, 2.75) is 39.8 Å². The van der Waals surface area contributed by atoms with Gasteiger partial charge in [0.1, 0.15) is 6.54 Å². The molecule has 7 heteroatoms. The summed E-state index contributed by atoms with van der Waals surface area (Å²) >= 11 is 0. The van der Waals surface area contributed by atoms with Crippen molar-refractivity contribution < 1.29 is 14.3 Å². The van der Waals surface area contributed by atoms with Gasteiger partial charge in [-0.2, -0.15) is 0 Å². The highest BCUT2D eigenvalue weighted by Crippen LogP contribution is 2.14. The normalized spacial score (nSPS) is 10.8. The first-order valence-electron chi connectivity index (χ1n) is 12.6. The van der Waals surface area contributed by atoms with Crippen molar-refractivity contribution in [3.05, 3.63) is 89.7 Å². The van der Waals surface area contributed by atoms with E-state index < -0.39 is 0 Å². The van der Waals surface area contributed by atoms with E-state index in [0.717, 1.165) is 28.9 Å². The van der Waals surface area contributed by atoms with Crippen LogP contribution in [0.2, 0.25) is 0 Å². The van der Waals surface area contributed by atoms with Crippen LogP contribution in [0.1, 0.15) is 37.1 Å². The van der Waals surface area contributed by atoms with Gasteiger partial charge >= 0.3 is 6.03 Å². The molecule has 0 fully saturated rings. The van der Waals surface area contributed by atoms with Gasteiger partial charge in [0.2, 0.25) is 5.91 Å². The molecular weight excluding hydrogens is 452 g/mol. The van der Waals surface area contributed by atoms with Crippen LogP contribution in [0.4, 0.5) is 10.5 Å². The summed E-state index contributed by atoms with van der Waals surface area (Å²) in [6.45, 7) is 6.53. The fourth-order valence-electron chi connectivity index (χ4n) is 3.98. The molecule has 0 unspecified atom stereocenters. The summed E-state index contributed by atoms with van der Waals surface area (Å²) in [6, 6.07) is 21.4. The lowest BCUT2D eigenvalue weighted by Crippen LogP contribution is -2.44. The molecule has 0 radical (unpaired) electrons. The fraction of sp³-hybridized carbons (Fsp3) is 0.379. The second-order valence-corrected chi connectivity index (χ2v) is 8.80. The lowest BCUT2D eigenvalue weighted by Gasteiger charge is -2.28. The van der Waals surface area contributed by atoms with Crippen LogP contribution < -0.4 is 5.32 Å². The molecule has 1 aromatic heterocycles. The molecule has 0 aliphatic rings. The Hall–Kier alpha value is -3.58. The molecule has 0 aliphatic heterocycles. The number of benzene rings is 2. The van der Waals surface area contributed by atoms with Gasteiger partial charge in [0, 0.05) is 50.9 Å². The molecule has 0 aliphatic carbocycles. The highest BCUT2D eigenvalue weighted by molar-refractivity contribution is 5.92. The smallest absolute Gasteiger partial charge is 0.322 e. The number of anilines is 1. The number of hydrogen-bond donors (Lipinski definition) is 1. The number of nitrogens with one attached hydrogen (secondary N) is 1. The van der Waals surface area contributed by atoms with Crippen LogP contribution in [-0.4, -0.2) is 52.6 Å². The third-order valence-corrected chi connectivity index (χ3v) is 6.09. The van der Waals surface area contributed by atoms with Gasteiger partial charge in [0.25, 0.3) is 0 Å². The van der Waals surface area contributed by atoms with Crippen molar-refractivity contribution in [2.75, 3.05) is 31.6 Å². The Morgan fingerprint density at radius 1 is 0.917 bits per heavy atom. The third kappa shape index (κ3) is 8.27. The van der Waals surface area contributed by atoms with E-state index in [9.17, 15) is 9.59 Å². The van der Waals surface area contributed by atoms with E-state index in [4.69, 9.17) is 4.74 Å². The predicted octanol–water partition coefficient (Wildman–Crippen LogP) is 5.08. The molecule has 2 aromatic carbocycles. The van der Waals surface area contributed by atoms with Gasteiger partial charge in [-0.25, -0.2) is 4.79 Å². The maximum absolute atomic E-state index is 13.6. The van der Waals surface area contributed by atoms with E-state index in [1.165, 1.54) is 0 Å². The average molecular weight is 491 g/mol. The summed E-state index contributed by atoms with van der Waals surface area (Å²) in [5.74, 6) is -0.103. The molecule has 3 rings (SSSR count). The van der Waals surface area contributed by atoms with Gasteiger partial charge in [-0.3, -0.25) is 4.79 Å². The molecule has 192 valence electrons.